The van der Waals surface area contributed by atoms with Gasteiger partial charge in [0.1, 0.15) is 0 Å². The number of aromatic nitrogens is 2. The molecule has 1 aromatic rings. The number of piperidine rings is 1. The summed E-state index contributed by atoms with van der Waals surface area (Å²) in [6.45, 7) is 15.7. The highest BCUT2D eigenvalue weighted by atomic mass is 19.1. The molecule has 0 bridgehead atoms. The van der Waals surface area contributed by atoms with Crippen molar-refractivity contribution < 1.29 is 13.9 Å². The van der Waals surface area contributed by atoms with E-state index in [2.05, 4.69) is 44.0 Å². The van der Waals surface area contributed by atoms with Crippen LogP contribution in [0.1, 0.15) is 19.8 Å². The third-order valence-corrected chi connectivity index (χ3v) is 5.95. The number of likely N-dealkylation sites (tertiary alicyclic amines) is 1. The summed E-state index contributed by atoms with van der Waals surface area (Å²) >= 11 is 0. The molecule has 2 fully saturated rings. The van der Waals surface area contributed by atoms with Crippen LogP contribution in [0.4, 0.5) is 16.2 Å². The first-order valence-corrected chi connectivity index (χ1v) is 12.0. The molecular formula is C25H36FN7O2. The molecule has 2 saturated heterocycles. The van der Waals surface area contributed by atoms with Crippen molar-refractivity contribution in [1.29, 1.82) is 0 Å². The summed E-state index contributed by atoms with van der Waals surface area (Å²) in [5.74, 6) is -0.329. The summed E-state index contributed by atoms with van der Waals surface area (Å²) in [4.78, 5) is 24.4. The number of halogens is 1. The third kappa shape index (κ3) is 8.18. The summed E-state index contributed by atoms with van der Waals surface area (Å²) in [5.41, 5.74) is 1.60. The fourth-order valence-electron chi connectivity index (χ4n) is 4.01. The normalized spacial score (nSPS) is 19.7. The van der Waals surface area contributed by atoms with Crippen LogP contribution < -0.4 is 16.0 Å². The van der Waals surface area contributed by atoms with Gasteiger partial charge in [-0.25, -0.2) is 9.37 Å². The minimum atomic E-state index is -0.550. The standard InChI is InChI=1S/C25H36FN7O2/c1-4-19(27-9-11-32-12-14-35-15-13-32)16-20(5-2)30-25-28-17-22(26)24(31-25)29-21-8-7-10-33(18-21)23(34)6-3/h4-6,16-17,21,27H,2-3,7-15,18H2,1H3,(H2,28,29,30,31)/b19-4+,20-16+/t21-/m1/s1. The van der Waals surface area contributed by atoms with Gasteiger partial charge in [0.2, 0.25) is 11.9 Å². The molecule has 0 aromatic carbocycles. The van der Waals surface area contributed by atoms with Gasteiger partial charge in [-0.3, -0.25) is 9.69 Å². The van der Waals surface area contributed by atoms with Gasteiger partial charge in [0.05, 0.1) is 19.4 Å². The van der Waals surface area contributed by atoms with Crippen molar-refractivity contribution in [2.24, 2.45) is 0 Å². The number of nitrogens with zero attached hydrogens (tertiary/aromatic N) is 4. The molecule has 2 aliphatic heterocycles. The van der Waals surface area contributed by atoms with Crippen LogP contribution in [0.2, 0.25) is 0 Å². The van der Waals surface area contributed by atoms with Gasteiger partial charge in [0, 0.05) is 56.7 Å². The summed E-state index contributed by atoms with van der Waals surface area (Å²) in [6.07, 6.45) is 9.61. The lowest BCUT2D eigenvalue weighted by atomic mass is 10.1. The Morgan fingerprint density at radius 3 is 2.77 bits per heavy atom. The summed E-state index contributed by atoms with van der Waals surface area (Å²) in [6, 6.07) is -0.107. The average molecular weight is 486 g/mol. The summed E-state index contributed by atoms with van der Waals surface area (Å²) in [7, 11) is 0. The van der Waals surface area contributed by atoms with Crippen molar-refractivity contribution in [3.63, 3.8) is 0 Å². The van der Waals surface area contributed by atoms with E-state index in [1.165, 1.54) is 6.08 Å². The van der Waals surface area contributed by atoms with Crippen molar-refractivity contribution in [3.05, 3.63) is 60.9 Å². The number of carbonyl (C=O) groups is 1. The van der Waals surface area contributed by atoms with E-state index in [1.54, 1.807) is 11.0 Å². The first kappa shape index (κ1) is 26.4. The second-order valence-corrected chi connectivity index (χ2v) is 8.42. The zero-order chi connectivity index (χ0) is 25.0. The number of hydrogen-bond acceptors (Lipinski definition) is 8. The lowest BCUT2D eigenvalue weighted by molar-refractivity contribution is -0.127. The van der Waals surface area contributed by atoms with E-state index < -0.39 is 5.82 Å². The number of hydrogen-bond donors (Lipinski definition) is 3. The van der Waals surface area contributed by atoms with Gasteiger partial charge in [-0.1, -0.05) is 19.2 Å². The van der Waals surface area contributed by atoms with Crippen LogP contribution in [0.15, 0.2) is 55.1 Å². The Kier molecular flexibility index (Phi) is 10.2. The van der Waals surface area contributed by atoms with E-state index in [1.807, 2.05) is 19.1 Å². The molecule has 3 N–H and O–H groups in total. The predicted octanol–water partition coefficient (Wildman–Crippen LogP) is 2.51. The lowest BCUT2D eigenvalue weighted by Crippen LogP contribution is -2.44. The second-order valence-electron chi connectivity index (χ2n) is 8.42. The van der Waals surface area contributed by atoms with Crippen molar-refractivity contribution in [2.75, 3.05) is 63.1 Å². The molecule has 0 unspecified atom stereocenters. The minimum Gasteiger partial charge on any atom is -0.384 e. The third-order valence-electron chi connectivity index (χ3n) is 5.95. The zero-order valence-corrected chi connectivity index (χ0v) is 20.4. The molecule has 35 heavy (non-hydrogen) atoms. The van der Waals surface area contributed by atoms with E-state index in [0.29, 0.717) is 18.8 Å². The number of amides is 1. The van der Waals surface area contributed by atoms with E-state index in [4.69, 9.17) is 4.74 Å². The van der Waals surface area contributed by atoms with Crippen LogP contribution in [0, 0.1) is 5.82 Å². The maximum absolute atomic E-state index is 14.4. The Balaban J connectivity index is 1.59. The molecule has 3 rings (SSSR count). The molecule has 0 spiro atoms. The van der Waals surface area contributed by atoms with Crippen molar-refractivity contribution in [3.8, 4) is 0 Å². The molecule has 1 amide bonds. The van der Waals surface area contributed by atoms with Crippen LogP contribution in [0.5, 0.6) is 0 Å². The Morgan fingerprint density at radius 1 is 1.26 bits per heavy atom. The monoisotopic (exact) mass is 485 g/mol. The molecule has 0 radical (unpaired) electrons. The minimum absolute atomic E-state index is 0.0960. The lowest BCUT2D eigenvalue weighted by Gasteiger charge is -2.32. The largest absolute Gasteiger partial charge is 0.384 e. The number of carbonyl (C=O) groups excluding carboxylic acids is 1. The smallest absolute Gasteiger partial charge is 0.246 e. The number of nitrogens with one attached hydrogen (secondary N) is 3. The molecule has 3 heterocycles. The molecule has 1 atom stereocenters. The topological polar surface area (TPSA) is 94.7 Å². The Bertz CT molecular complexity index is 944. The Morgan fingerprint density at radius 2 is 2.06 bits per heavy atom. The Labute approximate surface area is 206 Å². The summed E-state index contributed by atoms with van der Waals surface area (Å²) in [5, 5.41) is 9.65. The van der Waals surface area contributed by atoms with Gasteiger partial charge in [0.25, 0.3) is 0 Å². The van der Waals surface area contributed by atoms with E-state index in [0.717, 1.165) is 64.1 Å². The molecule has 9 nitrogen and oxygen atoms in total. The number of anilines is 2. The molecule has 0 aliphatic carbocycles. The van der Waals surface area contributed by atoms with Gasteiger partial charge in [-0.15, -0.1) is 0 Å². The molecule has 190 valence electrons. The zero-order valence-electron chi connectivity index (χ0n) is 20.4. The molecule has 2 aliphatic rings. The SMILES string of the molecule is C=CC(=O)N1CCC[C@@H](Nc2nc(N/C(C=C)=C/C(=C\C)NCCN3CCOCC3)ncc2F)C1. The average Bonchev–Trinajstić information content (AvgIpc) is 2.89. The van der Waals surface area contributed by atoms with Gasteiger partial charge >= 0.3 is 0 Å². The van der Waals surface area contributed by atoms with Crippen LogP contribution >= 0.6 is 0 Å². The van der Waals surface area contributed by atoms with Crippen molar-refractivity contribution in [2.45, 2.75) is 25.8 Å². The highest BCUT2D eigenvalue weighted by Crippen LogP contribution is 2.19. The van der Waals surface area contributed by atoms with Gasteiger partial charge in [-0.2, -0.15) is 4.98 Å². The number of allylic oxidation sites excluding steroid dienone is 3. The first-order chi connectivity index (χ1) is 17.0. The van der Waals surface area contributed by atoms with Gasteiger partial charge < -0.3 is 25.6 Å². The molecular weight excluding hydrogens is 449 g/mol. The van der Waals surface area contributed by atoms with Crippen molar-refractivity contribution in [1.82, 2.24) is 25.1 Å². The van der Waals surface area contributed by atoms with Crippen LogP contribution in [0.25, 0.3) is 0 Å². The van der Waals surface area contributed by atoms with E-state index in [-0.39, 0.29) is 23.7 Å². The van der Waals surface area contributed by atoms with E-state index in [9.17, 15) is 9.18 Å². The Hall–Kier alpha value is -3.24. The quantitative estimate of drug-likeness (QED) is 0.325. The molecule has 1 aromatic heterocycles. The maximum Gasteiger partial charge on any atom is 0.246 e. The maximum atomic E-state index is 14.4. The van der Waals surface area contributed by atoms with E-state index >= 15 is 0 Å². The number of rotatable bonds is 11. The van der Waals surface area contributed by atoms with Crippen LogP contribution in [0.3, 0.4) is 0 Å². The molecule has 10 heteroatoms. The fourth-order valence-corrected chi connectivity index (χ4v) is 4.01. The first-order valence-electron chi connectivity index (χ1n) is 12.0. The van der Waals surface area contributed by atoms with Crippen molar-refractivity contribution >= 4 is 17.7 Å². The highest BCUT2D eigenvalue weighted by molar-refractivity contribution is 5.87. The van der Waals surface area contributed by atoms with Crippen LogP contribution in [-0.2, 0) is 9.53 Å². The number of ether oxygens (including phenoxy) is 1. The summed E-state index contributed by atoms with van der Waals surface area (Å²) < 4.78 is 19.8. The van der Waals surface area contributed by atoms with Crippen LogP contribution in [-0.4, -0.2) is 84.2 Å². The predicted molar refractivity (Wildman–Crippen MR) is 136 cm³/mol. The van der Waals surface area contributed by atoms with Gasteiger partial charge in [-0.05, 0) is 38.0 Å². The van der Waals surface area contributed by atoms with Gasteiger partial charge in [0.15, 0.2) is 11.6 Å². The molecule has 0 saturated carbocycles. The highest BCUT2D eigenvalue weighted by Gasteiger charge is 2.23. The fraction of sp³-hybridized carbons (Fsp3) is 0.480. The number of morpholine rings is 1. The second kappa shape index (κ2) is 13.6.